The molecule has 2 atom stereocenters. The molecule has 30 heavy (non-hydrogen) atoms. The lowest BCUT2D eigenvalue weighted by atomic mass is 9.89. The Balaban J connectivity index is 1.51. The Kier molecular flexibility index (Phi) is 6.16. The fraction of sp³-hybridized carbons (Fsp3) is 0.375. The molecule has 1 aromatic heterocycles. The summed E-state index contributed by atoms with van der Waals surface area (Å²) in [4.78, 5) is 4.25. The van der Waals surface area contributed by atoms with E-state index in [1.54, 1.807) is 19.4 Å². The zero-order valence-electron chi connectivity index (χ0n) is 17.6. The molecule has 0 radical (unpaired) electrons. The number of halogens is 1. The van der Waals surface area contributed by atoms with Gasteiger partial charge in [0.25, 0.3) is 0 Å². The van der Waals surface area contributed by atoms with Crippen LogP contribution in [0.4, 0.5) is 4.39 Å². The predicted octanol–water partition coefficient (Wildman–Crippen LogP) is 4.73. The first-order chi connectivity index (χ1) is 14.6. The van der Waals surface area contributed by atoms with Crippen molar-refractivity contribution >= 4 is 0 Å². The van der Waals surface area contributed by atoms with Gasteiger partial charge in [-0.3, -0.25) is 0 Å². The summed E-state index contributed by atoms with van der Waals surface area (Å²) in [6, 6.07) is 11.6. The Morgan fingerprint density at radius 1 is 1.20 bits per heavy atom. The fourth-order valence-corrected chi connectivity index (χ4v) is 3.99. The minimum atomic E-state index is -0.330. The molecule has 2 heterocycles. The first-order valence-corrected chi connectivity index (χ1v) is 10.2. The molecule has 1 fully saturated rings. The van der Waals surface area contributed by atoms with Crippen molar-refractivity contribution in [1.82, 2.24) is 9.55 Å². The molecule has 0 amide bonds. The lowest BCUT2D eigenvalue weighted by Gasteiger charge is -2.31. The second-order valence-electron chi connectivity index (χ2n) is 7.71. The molecular formula is C24H27FN2O3. The summed E-state index contributed by atoms with van der Waals surface area (Å²) >= 11 is 0. The Bertz CT molecular complexity index is 1000. The van der Waals surface area contributed by atoms with Gasteiger partial charge in [0.15, 0.2) is 11.6 Å². The van der Waals surface area contributed by atoms with Crippen LogP contribution in [0.15, 0.2) is 48.8 Å². The maximum Gasteiger partial charge on any atom is 0.168 e. The zero-order valence-corrected chi connectivity index (χ0v) is 17.6. The maximum atomic E-state index is 15.3. The van der Waals surface area contributed by atoms with Crippen LogP contribution in [0.3, 0.4) is 0 Å². The molecule has 1 aliphatic rings. The highest BCUT2D eigenvalue weighted by molar-refractivity contribution is 5.39. The molecule has 2 aromatic carbocycles. The third-order valence-corrected chi connectivity index (χ3v) is 5.64. The first-order valence-electron chi connectivity index (χ1n) is 10.2. The van der Waals surface area contributed by atoms with Gasteiger partial charge >= 0.3 is 0 Å². The molecule has 158 valence electrons. The van der Waals surface area contributed by atoms with Crippen LogP contribution in [0.25, 0.3) is 5.69 Å². The molecule has 1 aliphatic heterocycles. The van der Waals surface area contributed by atoms with Crippen LogP contribution in [-0.4, -0.2) is 36.0 Å². The number of nitrogens with zero attached hydrogens (tertiary/aromatic N) is 2. The van der Waals surface area contributed by atoms with E-state index >= 15 is 4.39 Å². The average molecular weight is 410 g/mol. The average Bonchev–Trinajstić information content (AvgIpc) is 3.20. The van der Waals surface area contributed by atoms with E-state index in [9.17, 15) is 0 Å². The topological polar surface area (TPSA) is 45.5 Å². The number of hydrogen-bond acceptors (Lipinski definition) is 4. The Morgan fingerprint density at radius 3 is 2.70 bits per heavy atom. The van der Waals surface area contributed by atoms with Crippen LogP contribution >= 0.6 is 0 Å². The van der Waals surface area contributed by atoms with Gasteiger partial charge in [-0.1, -0.05) is 18.2 Å². The number of hydrogen-bond donors (Lipinski definition) is 0. The van der Waals surface area contributed by atoms with Crippen molar-refractivity contribution < 1.29 is 18.6 Å². The maximum absolute atomic E-state index is 15.3. The van der Waals surface area contributed by atoms with Crippen LogP contribution < -0.4 is 4.74 Å². The third-order valence-electron chi connectivity index (χ3n) is 5.64. The van der Waals surface area contributed by atoms with Crippen molar-refractivity contribution in [3.05, 3.63) is 77.1 Å². The van der Waals surface area contributed by atoms with Gasteiger partial charge < -0.3 is 18.8 Å². The van der Waals surface area contributed by atoms with Gasteiger partial charge in [0.05, 0.1) is 12.7 Å². The minimum Gasteiger partial charge on any atom is -0.486 e. The molecule has 2 unspecified atom stereocenters. The van der Waals surface area contributed by atoms with E-state index in [0.29, 0.717) is 18.8 Å². The van der Waals surface area contributed by atoms with Crippen molar-refractivity contribution in [3.8, 4) is 11.4 Å². The first kappa shape index (κ1) is 20.6. The molecular weight excluding hydrogens is 383 g/mol. The fourth-order valence-electron chi connectivity index (χ4n) is 3.99. The van der Waals surface area contributed by atoms with Gasteiger partial charge in [-0.15, -0.1) is 0 Å². The minimum absolute atomic E-state index is 0.0536. The number of rotatable bonds is 6. The Hall–Kier alpha value is -2.70. The van der Waals surface area contributed by atoms with E-state index in [1.807, 2.05) is 54.9 Å². The SMILES string of the molecule is COC1CCOCC1c1cc(C)cc(OCc2ccc(-n3ccnc3C)cc2)c1F. The molecule has 0 N–H and O–H groups in total. The number of methoxy groups -OCH3 is 1. The van der Waals surface area contributed by atoms with Crippen molar-refractivity contribution in [2.75, 3.05) is 20.3 Å². The largest absolute Gasteiger partial charge is 0.486 e. The van der Waals surface area contributed by atoms with E-state index in [0.717, 1.165) is 29.1 Å². The van der Waals surface area contributed by atoms with Crippen LogP contribution in [0, 0.1) is 19.7 Å². The Labute approximate surface area is 176 Å². The smallest absolute Gasteiger partial charge is 0.168 e. The molecule has 3 aromatic rings. The quantitative estimate of drug-likeness (QED) is 0.590. The molecule has 6 heteroatoms. The molecule has 0 spiro atoms. The molecule has 0 bridgehead atoms. The number of ether oxygens (including phenoxy) is 3. The third kappa shape index (κ3) is 4.25. The van der Waals surface area contributed by atoms with E-state index in [1.165, 1.54) is 0 Å². The number of benzene rings is 2. The summed E-state index contributed by atoms with van der Waals surface area (Å²) in [5.74, 6) is 0.724. The van der Waals surface area contributed by atoms with Gasteiger partial charge in [-0.25, -0.2) is 9.37 Å². The number of aromatic nitrogens is 2. The van der Waals surface area contributed by atoms with E-state index < -0.39 is 0 Å². The van der Waals surface area contributed by atoms with Crippen LogP contribution in [0.2, 0.25) is 0 Å². The summed E-state index contributed by atoms with van der Waals surface area (Å²) < 4.78 is 34.4. The monoisotopic (exact) mass is 410 g/mol. The van der Waals surface area contributed by atoms with Crippen molar-refractivity contribution in [3.63, 3.8) is 0 Å². The van der Waals surface area contributed by atoms with E-state index in [2.05, 4.69) is 4.98 Å². The van der Waals surface area contributed by atoms with Crippen LogP contribution in [-0.2, 0) is 16.1 Å². The predicted molar refractivity (Wildman–Crippen MR) is 113 cm³/mol. The normalized spacial score (nSPS) is 19.1. The molecule has 4 rings (SSSR count). The zero-order chi connectivity index (χ0) is 21.1. The lowest BCUT2D eigenvalue weighted by molar-refractivity contribution is -0.0295. The highest BCUT2D eigenvalue weighted by Gasteiger charge is 2.30. The van der Waals surface area contributed by atoms with Crippen molar-refractivity contribution in [2.45, 2.75) is 38.9 Å². The summed E-state index contributed by atoms with van der Waals surface area (Å²) in [7, 11) is 1.67. The van der Waals surface area contributed by atoms with Gasteiger partial charge in [-0.05, 0) is 55.2 Å². The van der Waals surface area contributed by atoms with Crippen LogP contribution in [0.5, 0.6) is 5.75 Å². The van der Waals surface area contributed by atoms with E-state index in [4.69, 9.17) is 14.2 Å². The van der Waals surface area contributed by atoms with Gasteiger partial charge in [0.1, 0.15) is 12.4 Å². The summed E-state index contributed by atoms with van der Waals surface area (Å²) in [5.41, 5.74) is 3.55. The Morgan fingerprint density at radius 2 is 2.00 bits per heavy atom. The van der Waals surface area contributed by atoms with Gasteiger partial charge in [0, 0.05) is 37.7 Å². The van der Waals surface area contributed by atoms with Crippen LogP contribution in [0.1, 0.15) is 34.9 Å². The highest BCUT2D eigenvalue weighted by atomic mass is 19.1. The second kappa shape index (κ2) is 8.98. The second-order valence-corrected chi connectivity index (χ2v) is 7.71. The number of aryl methyl sites for hydroxylation is 2. The number of imidazole rings is 1. The summed E-state index contributed by atoms with van der Waals surface area (Å²) in [6.45, 7) is 5.29. The molecule has 1 saturated heterocycles. The summed E-state index contributed by atoms with van der Waals surface area (Å²) in [6.07, 6.45) is 4.40. The molecule has 5 nitrogen and oxygen atoms in total. The van der Waals surface area contributed by atoms with Crippen molar-refractivity contribution in [2.24, 2.45) is 0 Å². The molecule has 0 aliphatic carbocycles. The van der Waals surface area contributed by atoms with Gasteiger partial charge in [0.2, 0.25) is 0 Å². The van der Waals surface area contributed by atoms with E-state index in [-0.39, 0.29) is 30.2 Å². The summed E-state index contributed by atoms with van der Waals surface area (Å²) in [5, 5.41) is 0. The standard InChI is InChI=1S/C24H27FN2O3/c1-16-12-20(21-15-29-11-8-22(21)28-3)24(25)23(13-16)30-14-18-4-6-19(7-5-18)27-10-9-26-17(27)2/h4-7,9-10,12-13,21-22H,8,11,14-15H2,1-3H3. The van der Waals surface area contributed by atoms with Gasteiger partial charge in [-0.2, -0.15) is 0 Å². The highest BCUT2D eigenvalue weighted by Crippen LogP contribution is 2.34. The lowest BCUT2D eigenvalue weighted by Crippen LogP contribution is -2.32. The molecule has 0 saturated carbocycles. The van der Waals surface area contributed by atoms with Crippen molar-refractivity contribution in [1.29, 1.82) is 0 Å².